The number of rotatable bonds is 7. The minimum absolute atomic E-state index is 0. The van der Waals surface area contributed by atoms with E-state index in [1.807, 2.05) is 105 Å². The van der Waals surface area contributed by atoms with Crippen molar-refractivity contribution in [3.63, 3.8) is 0 Å². The van der Waals surface area contributed by atoms with Crippen molar-refractivity contribution in [1.82, 2.24) is 14.7 Å². The van der Waals surface area contributed by atoms with E-state index >= 15 is 0 Å². The molecule has 10 rings (SSSR count). The topological polar surface area (TPSA) is 65.5 Å². The summed E-state index contributed by atoms with van der Waals surface area (Å²) in [6, 6.07) is 51.6. The third kappa shape index (κ3) is 18.7. The molecule has 7 nitrogen and oxygen atoms in total. The summed E-state index contributed by atoms with van der Waals surface area (Å²) in [6.45, 7) is 5.67. The van der Waals surface area contributed by atoms with Gasteiger partial charge in [-0.3, -0.25) is 4.79 Å². The molecular weight excluding hydrogens is 1080 g/mol. The molecule has 3 saturated heterocycles. The van der Waals surface area contributed by atoms with Crippen molar-refractivity contribution >= 4 is 52.0 Å². The monoisotopic (exact) mass is 1150 g/mol. The third-order valence-corrected chi connectivity index (χ3v) is 14.3. The predicted octanol–water partition coefficient (Wildman–Crippen LogP) is 10.5. The number of ketones is 1. The van der Waals surface area contributed by atoms with Crippen molar-refractivity contribution in [3.8, 4) is 33.8 Å². The Labute approximate surface area is 484 Å². The van der Waals surface area contributed by atoms with Crippen LogP contribution in [-0.2, 0) is 15.8 Å². The zero-order valence-electron chi connectivity index (χ0n) is 44.1. The van der Waals surface area contributed by atoms with Crippen molar-refractivity contribution in [1.29, 1.82) is 0 Å². The molecule has 0 amide bonds. The minimum atomic E-state index is -0.764. The minimum Gasteiger partial charge on any atom is -1.00 e. The summed E-state index contributed by atoms with van der Waals surface area (Å²) in [5.74, 6) is 1.43. The number of nitrogens with zero attached hydrogens (tertiary/aromatic N) is 3. The summed E-state index contributed by atoms with van der Waals surface area (Å²) in [5, 5.41) is 11.8. The first-order valence-corrected chi connectivity index (χ1v) is 25.6. The number of piperidine rings is 3. The molecule has 398 valence electrons. The van der Waals surface area contributed by atoms with Crippen LogP contribution < -0.4 is 26.5 Å². The van der Waals surface area contributed by atoms with Gasteiger partial charge in [0.1, 0.15) is 28.9 Å². The molecule has 0 radical (unpaired) electrons. The Morgan fingerprint density at radius 2 is 0.947 bits per heavy atom. The van der Waals surface area contributed by atoms with Gasteiger partial charge < -0.3 is 46.3 Å². The second-order valence-electron chi connectivity index (χ2n) is 18.9. The molecule has 14 heteroatoms. The average molecular weight is 1150 g/mol. The fourth-order valence-corrected chi connectivity index (χ4v) is 9.59. The summed E-state index contributed by atoms with van der Waals surface area (Å²) in [4.78, 5) is 17.3. The van der Waals surface area contributed by atoms with Gasteiger partial charge in [-0.25, -0.2) is 13.2 Å². The van der Waals surface area contributed by atoms with Crippen LogP contribution in [0.15, 0.2) is 164 Å². The van der Waals surface area contributed by atoms with E-state index in [-0.39, 0.29) is 62.9 Å². The van der Waals surface area contributed by atoms with Crippen molar-refractivity contribution < 1.29 is 49.5 Å². The largest absolute Gasteiger partial charge is 2.00 e. The van der Waals surface area contributed by atoms with Crippen LogP contribution >= 0.6 is 23.2 Å². The second kappa shape index (κ2) is 31.6. The maximum atomic E-state index is 13.6. The quantitative estimate of drug-likeness (QED) is 0.126. The van der Waals surface area contributed by atoms with Crippen LogP contribution in [0.25, 0.3) is 22.3 Å². The van der Waals surface area contributed by atoms with Gasteiger partial charge in [-0.15, -0.1) is 12.1 Å². The van der Waals surface area contributed by atoms with Crippen LogP contribution in [0, 0.1) is 23.5 Å². The molecule has 0 saturated carbocycles. The third-order valence-electron chi connectivity index (χ3n) is 13.8. The number of carbonyl (C=O) groups is 1. The fraction of sp³-hybridized carbons (Fsp3) is 0.306. The van der Waals surface area contributed by atoms with Crippen molar-refractivity contribution in [2.24, 2.45) is 0 Å². The average Bonchev–Trinajstić information content (AvgIpc) is 3.42. The summed E-state index contributed by atoms with van der Waals surface area (Å²) in [5.41, 5.74) is 6.48. The number of halogens is 6. The number of benzene rings is 7. The first kappa shape index (κ1) is 63.8. The van der Waals surface area contributed by atoms with E-state index in [1.165, 1.54) is 42.0 Å². The van der Waals surface area contributed by atoms with Gasteiger partial charge >= 0.3 is 23.1 Å². The Balaban J connectivity index is 0.000000225. The van der Waals surface area contributed by atoms with Gasteiger partial charge in [0.25, 0.3) is 0 Å². The summed E-state index contributed by atoms with van der Waals surface area (Å²) < 4.78 is 49.2. The van der Waals surface area contributed by atoms with Crippen LogP contribution in [0.2, 0.25) is 10.0 Å². The molecule has 7 aromatic carbocycles. The molecule has 0 unspecified atom stereocenters. The van der Waals surface area contributed by atoms with E-state index in [0.717, 1.165) is 128 Å². The number of ether oxygens (including phenoxy) is 2. The number of likely N-dealkylation sites (tertiary alicyclic amines) is 3. The number of methoxy groups -OCH3 is 2. The molecule has 3 fully saturated rings. The van der Waals surface area contributed by atoms with Crippen LogP contribution in [0.5, 0.6) is 11.5 Å². The molecule has 0 aliphatic carbocycles. The van der Waals surface area contributed by atoms with E-state index < -0.39 is 5.60 Å². The van der Waals surface area contributed by atoms with Crippen LogP contribution in [-0.4, -0.2) is 123 Å². The van der Waals surface area contributed by atoms with Gasteiger partial charge in [-0.1, -0.05) is 96.0 Å². The first-order valence-electron chi connectivity index (χ1n) is 24.9. The standard InChI is InChI=1S/C25H25ClFNO.C13H11ClO.C12H16FNO.C6H4F.C6H11NO.BrH.Mg/c1-28-14-12-25(13-15-28,19-6-9-22(27)10-7-19)20-8-11-24(29-2)23(17-20)18-4-3-5-21(26)16-18;1-15-13-8-3-2-7-12(13)10-5-4-6-11(14)9-10;1-14-8-6-12(15,7-9-14)10-2-4-11(13)5-3-10;7-6-4-2-1-3-5-6;1-7-4-2-6(8)3-5-7;;/h3-11,16-17H,12-15H2,1-2H3;2-9H,1H3;2-5,15H,6-9H2,1H3;2-5H;2-5H2,1H3;1H;/q;;;-1;;;+2/p-1. The Morgan fingerprint density at radius 1 is 0.513 bits per heavy atom. The molecule has 0 atom stereocenters. The molecule has 3 aliphatic rings. The van der Waals surface area contributed by atoms with E-state index in [9.17, 15) is 23.1 Å². The van der Waals surface area contributed by atoms with Crippen LogP contribution in [0.1, 0.15) is 55.2 Å². The summed E-state index contributed by atoms with van der Waals surface area (Å²) >= 11 is 12.2. The van der Waals surface area contributed by atoms with Crippen LogP contribution in [0.3, 0.4) is 0 Å². The predicted molar refractivity (Wildman–Crippen MR) is 301 cm³/mol. The Kier molecular flexibility index (Phi) is 26.5. The van der Waals surface area contributed by atoms with Crippen molar-refractivity contribution in [2.45, 2.75) is 49.5 Å². The second-order valence-corrected chi connectivity index (χ2v) is 19.8. The molecule has 0 bridgehead atoms. The van der Waals surface area contributed by atoms with E-state index in [0.29, 0.717) is 10.8 Å². The summed E-state index contributed by atoms with van der Waals surface area (Å²) in [7, 11) is 9.61. The number of aliphatic hydroxyl groups is 1. The molecule has 0 spiro atoms. The zero-order valence-corrected chi connectivity index (χ0v) is 48.6. The normalized spacial score (nSPS) is 15.9. The van der Waals surface area contributed by atoms with Gasteiger partial charge in [0.05, 0.1) is 19.8 Å². The van der Waals surface area contributed by atoms with Gasteiger partial charge in [0.15, 0.2) is 0 Å². The number of para-hydroxylation sites is 1. The Morgan fingerprint density at radius 3 is 1.42 bits per heavy atom. The molecule has 76 heavy (non-hydrogen) atoms. The Hall–Kier alpha value is -4.73. The van der Waals surface area contributed by atoms with Crippen molar-refractivity contribution in [3.05, 3.63) is 214 Å². The fourth-order valence-electron chi connectivity index (χ4n) is 9.21. The maximum absolute atomic E-state index is 13.6. The SMILES string of the molecule is CN1CCC(=O)CC1.CN1CCC(O)(c2ccc(F)cc2)CC1.COc1ccc(C2(c3ccc(F)cc3)CCN(C)CC2)cc1-c1cccc(Cl)c1.COc1ccccc1-c1cccc(Cl)c1.Fc1cc[c-]cc1.[Br-].[Mg+2]. The molecular formula is C62H67BrCl2F3MgN3O4. The number of carbonyl (C=O) groups excluding carboxylic acids is 1. The van der Waals surface area contributed by atoms with E-state index in [1.54, 1.807) is 38.5 Å². The summed E-state index contributed by atoms with van der Waals surface area (Å²) in [6.07, 6.45) is 4.92. The van der Waals surface area contributed by atoms with Gasteiger partial charge in [0.2, 0.25) is 0 Å². The van der Waals surface area contributed by atoms with Crippen LogP contribution in [0.4, 0.5) is 13.2 Å². The molecule has 3 aliphatic heterocycles. The number of Topliss-reactive ketones (excluding diaryl/α,β-unsaturated/α-hetero) is 1. The molecule has 7 aromatic rings. The molecule has 1 N–H and O–H groups in total. The van der Waals surface area contributed by atoms with E-state index in [4.69, 9.17) is 32.7 Å². The number of hydrogen-bond donors (Lipinski definition) is 1. The van der Waals surface area contributed by atoms with Crippen molar-refractivity contribution in [2.75, 3.05) is 74.6 Å². The van der Waals surface area contributed by atoms with Gasteiger partial charge in [0, 0.05) is 71.4 Å². The number of hydrogen-bond acceptors (Lipinski definition) is 7. The zero-order chi connectivity index (χ0) is 53.1. The Bertz CT molecular complexity index is 2830. The molecule has 0 aromatic heterocycles. The van der Waals surface area contributed by atoms with Gasteiger partial charge in [-0.2, -0.15) is 18.2 Å². The maximum Gasteiger partial charge on any atom is 2.00 e. The smallest absolute Gasteiger partial charge is 1.00 e. The molecule has 3 heterocycles. The van der Waals surface area contributed by atoms with E-state index in [2.05, 4.69) is 39.9 Å². The first-order chi connectivity index (χ1) is 35.6. The van der Waals surface area contributed by atoms with Gasteiger partial charge in [-0.05, 0) is 154 Å².